The molecular formula is C15H20N2O. The minimum Gasteiger partial charge on any atom is -0.361 e. The van der Waals surface area contributed by atoms with Crippen LogP contribution in [0.1, 0.15) is 41.1 Å². The van der Waals surface area contributed by atoms with E-state index in [1.165, 1.54) is 11.1 Å². The Labute approximate surface area is 108 Å². The van der Waals surface area contributed by atoms with Gasteiger partial charge in [-0.25, -0.2) is 0 Å². The van der Waals surface area contributed by atoms with E-state index >= 15 is 0 Å². The third kappa shape index (κ3) is 2.79. The van der Waals surface area contributed by atoms with Crippen molar-refractivity contribution in [3.05, 3.63) is 52.4 Å². The molecule has 96 valence electrons. The van der Waals surface area contributed by atoms with Crippen LogP contribution >= 0.6 is 0 Å². The lowest BCUT2D eigenvalue weighted by Crippen LogP contribution is -2.18. The highest BCUT2D eigenvalue weighted by Crippen LogP contribution is 2.17. The number of nitrogens with zero attached hydrogens (tertiary/aromatic N) is 1. The van der Waals surface area contributed by atoms with Crippen molar-refractivity contribution in [2.24, 2.45) is 0 Å². The van der Waals surface area contributed by atoms with Crippen molar-refractivity contribution >= 4 is 0 Å². The van der Waals surface area contributed by atoms with Crippen LogP contribution in [0.2, 0.25) is 0 Å². The number of hydrogen-bond donors (Lipinski definition) is 1. The lowest BCUT2D eigenvalue weighted by molar-refractivity contribution is 0.391. The summed E-state index contributed by atoms with van der Waals surface area (Å²) in [5.74, 6) is 0.899. The van der Waals surface area contributed by atoms with E-state index in [0.717, 1.165) is 23.6 Å². The number of rotatable bonds is 4. The maximum Gasteiger partial charge on any atom is 0.138 e. The predicted molar refractivity (Wildman–Crippen MR) is 72.4 cm³/mol. The van der Waals surface area contributed by atoms with Gasteiger partial charge in [-0.15, -0.1) is 0 Å². The fourth-order valence-corrected chi connectivity index (χ4v) is 2.07. The van der Waals surface area contributed by atoms with Gasteiger partial charge in [0.2, 0.25) is 0 Å². The zero-order valence-corrected chi connectivity index (χ0v) is 11.4. The molecule has 18 heavy (non-hydrogen) atoms. The number of benzene rings is 1. The summed E-state index contributed by atoms with van der Waals surface area (Å²) in [6.45, 7) is 9.01. The zero-order valence-electron chi connectivity index (χ0n) is 11.4. The second-order valence-electron chi connectivity index (χ2n) is 4.82. The molecule has 0 bridgehead atoms. The van der Waals surface area contributed by atoms with Crippen molar-refractivity contribution in [1.82, 2.24) is 10.5 Å². The molecule has 0 aliphatic carbocycles. The van der Waals surface area contributed by atoms with E-state index in [1.807, 2.05) is 13.8 Å². The Morgan fingerprint density at radius 1 is 1.28 bits per heavy atom. The highest BCUT2D eigenvalue weighted by Gasteiger charge is 2.11. The molecule has 0 fully saturated rings. The van der Waals surface area contributed by atoms with E-state index in [-0.39, 0.29) is 0 Å². The molecular weight excluding hydrogens is 224 g/mol. The van der Waals surface area contributed by atoms with Gasteiger partial charge in [0.15, 0.2) is 0 Å². The predicted octanol–water partition coefficient (Wildman–Crippen LogP) is 3.45. The molecule has 0 radical (unpaired) electrons. The van der Waals surface area contributed by atoms with Crippen LogP contribution in [-0.2, 0) is 6.54 Å². The smallest absolute Gasteiger partial charge is 0.138 e. The summed E-state index contributed by atoms with van der Waals surface area (Å²) < 4.78 is 5.16. The van der Waals surface area contributed by atoms with Crippen molar-refractivity contribution in [2.45, 2.75) is 40.3 Å². The van der Waals surface area contributed by atoms with Gasteiger partial charge in [0.25, 0.3) is 0 Å². The monoisotopic (exact) mass is 244 g/mol. The summed E-state index contributed by atoms with van der Waals surface area (Å²) in [6, 6.07) is 8.89. The van der Waals surface area contributed by atoms with Crippen LogP contribution in [0.4, 0.5) is 0 Å². The summed E-state index contributed by atoms with van der Waals surface area (Å²) in [5.41, 5.74) is 4.73. The van der Waals surface area contributed by atoms with Gasteiger partial charge in [-0.2, -0.15) is 0 Å². The van der Waals surface area contributed by atoms with Crippen molar-refractivity contribution in [1.29, 1.82) is 0 Å². The average Bonchev–Trinajstić information content (AvgIpc) is 2.66. The molecule has 2 rings (SSSR count). The van der Waals surface area contributed by atoms with Crippen LogP contribution in [0.15, 0.2) is 28.8 Å². The van der Waals surface area contributed by atoms with Gasteiger partial charge in [-0.05, 0) is 33.3 Å². The van der Waals surface area contributed by atoms with Crippen LogP contribution in [0.3, 0.4) is 0 Å². The number of aryl methyl sites for hydroxylation is 3. The Morgan fingerprint density at radius 3 is 2.67 bits per heavy atom. The molecule has 0 spiro atoms. The first-order chi connectivity index (χ1) is 8.58. The van der Waals surface area contributed by atoms with Crippen molar-refractivity contribution in [3.63, 3.8) is 0 Å². The van der Waals surface area contributed by atoms with Gasteiger partial charge < -0.3 is 9.84 Å². The molecule has 1 atom stereocenters. The highest BCUT2D eigenvalue weighted by atomic mass is 16.5. The molecule has 0 aliphatic rings. The van der Waals surface area contributed by atoms with E-state index in [4.69, 9.17) is 4.52 Å². The van der Waals surface area contributed by atoms with E-state index in [9.17, 15) is 0 Å². The Morgan fingerprint density at radius 2 is 2.06 bits per heavy atom. The van der Waals surface area contributed by atoms with Gasteiger partial charge in [-0.1, -0.05) is 35.0 Å². The molecule has 0 saturated heterocycles. The van der Waals surface area contributed by atoms with E-state index in [0.29, 0.717) is 6.04 Å². The molecule has 0 amide bonds. The number of aromatic nitrogens is 1. The minimum absolute atomic E-state index is 0.318. The Hall–Kier alpha value is -1.61. The van der Waals surface area contributed by atoms with Crippen molar-refractivity contribution < 1.29 is 4.52 Å². The van der Waals surface area contributed by atoms with Crippen LogP contribution in [-0.4, -0.2) is 5.16 Å². The quantitative estimate of drug-likeness (QED) is 0.895. The summed E-state index contributed by atoms with van der Waals surface area (Å²) in [4.78, 5) is 0. The van der Waals surface area contributed by atoms with Gasteiger partial charge in [0.1, 0.15) is 5.76 Å². The molecule has 0 aliphatic heterocycles. The van der Waals surface area contributed by atoms with Crippen LogP contribution in [0.5, 0.6) is 0 Å². The van der Waals surface area contributed by atoms with Crippen LogP contribution in [0.25, 0.3) is 0 Å². The van der Waals surface area contributed by atoms with E-state index in [1.54, 1.807) is 0 Å². The summed E-state index contributed by atoms with van der Waals surface area (Å²) in [6.07, 6.45) is 0. The SMILES string of the molecule is Cc1cccc([C@@H](C)NCc2c(C)noc2C)c1. The molecule has 1 aromatic heterocycles. The Bertz CT molecular complexity index is 512. The maximum atomic E-state index is 5.16. The van der Waals surface area contributed by atoms with Crippen LogP contribution in [0, 0.1) is 20.8 Å². The van der Waals surface area contributed by atoms with E-state index in [2.05, 4.69) is 48.6 Å². The number of hydrogen-bond acceptors (Lipinski definition) is 3. The molecule has 1 heterocycles. The second-order valence-corrected chi connectivity index (χ2v) is 4.82. The third-order valence-corrected chi connectivity index (χ3v) is 3.31. The highest BCUT2D eigenvalue weighted by molar-refractivity contribution is 5.25. The topological polar surface area (TPSA) is 38.1 Å². The van der Waals surface area contributed by atoms with Gasteiger partial charge in [-0.3, -0.25) is 0 Å². The summed E-state index contributed by atoms with van der Waals surface area (Å²) in [7, 11) is 0. The molecule has 3 nitrogen and oxygen atoms in total. The summed E-state index contributed by atoms with van der Waals surface area (Å²) in [5, 5.41) is 7.48. The van der Waals surface area contributed by atoms with E-state index < -0.39 is 0 Å². The molecule has 0 saturated carbocycles. The fourth-order valence-electron chi connectivity index (χ4n) is 2.07. The first-order valence-corrected chi connectivity index (χ1v) is 6.29. The Kier molecular flexibility index (Phi) is 3.82. The average molecular weight is 244 g/mol. The zero-order chi connectivity index (χ0) is 13.1. The largest absolute Gasteiger partial charge is 0.361 e. The molecule has 1 N–H and O–H groups in total. The Balaban J connectivity index is 2.02. The molecule has 3 heteroatoms. The summed E-state index contributed by atoms with van der Waals surface area (Å²) >= 11 is 0. The maximum absolute atomic E-state index is 5.16. The molecule has 1 aromatic carbocycles. The van der Waals surface area contributed by atoms with Crippen molar-refractivity contribution in [2.75, 3.05) is 0 Å². The lowest BCUT2D eigenvalue weighted by atomic mass is 10.1. The van der Waals surface area contributed by atoms with Gasteiger partial charge in [0.05, 0.1) is 5.69 Å². The van der Waals surface area contributed by atoms with Crippen LogP contribution < -0.4 is 5.32 Å². The third-order valence-electron chi connectivity index (χ3n) is 3.31. The number of nitrogens with one attached hydrogen (secondary N) is 1. The first-order valence-electron chi connectivity index (χ1n) is 6.29. The standard InChI is InChI=1S/C15H20N2O/c1-10-6-5-7-14(8-10)11(2)16-9-15-12(3)17-18-13(15)4/h5-8,11,16H,9H2,1-4H3/t11-/m1/s1. The normalized spacial score (nSPS) is 12.7. The lowest BCUT2D eigenvalue weighted by Gasteiger charge is -2.14. The molecule has 2 aromatic rings. The molecule has 0 unspecified atom stereocenters. The minimum atomic E-state index is 0.318. The first kappa shape index (κ1) is 12.8. The van der Waals surface area contributed by atoms with Crippen molar-refractivity contribution in [3.8, 4) is 0 Å². The van der Waals surface area contributed by atoms with Gasteiger partial charge in [0, 0.05) is 18.2 Å². The van der Waals surface area contributed by atoms with Gasteiger partial charge >= 0.3 is 0 Å². The fraction of sp³-hybridized carbons (Fsp3) is 0.400. The second kappa shape index (κ2) is 5.36.